The molecule has 2 heterocycles. The lowest BCUT2D eigenvalue weighted by molar-refractivity contribution is -0.118. The number of carbonyl (C=O) groups excluding carboxylic acids is 2. The molecule has 4 rings (SSSR count). The number of sulfonamides is 1. The van der Waals surface area contributed by atoms with Gasteiger partial charge in [-0.15, -0.1) is 0 Å². The van der Waals surface area contributed by atoms with Crippen molar-refractivity contribution in [1.82, 2.24) is 10.0 Å². The summed E-state index contributed by atoms with van der Waals surface area (Å²) in [6.07, 6.45) is 1.51. The number of amides is 2. The van der Waals surface area contributed by atoms with E-state index >= 15 is 0 Å². The Kier molecular flexibility index (Phi) is 6.89. The van der Waals surface area contributed by atoms with Crippen LogP contribution in [0.4, 0.5) is 5.69 Å². The van der Waals surface area contributed by atoms with Gasteiger partial charge in [-0.05, 0) is 55.7 Å². The van der Waals surface area contributed by atoms with Crippen molar-refractivity contribution in [3.05, 3.63) is 52.5 Å². The minimum absolute atomic E-state index is 0.0184. The van der Waals surface area contributed by atoms with Crippen LogP contribution in [0, 0.1) is 0 Å². The average molecular weight is 494 g/mol. The molecule has 2 aromatic rings. The molecule has 0 saturated carbocycles. The normalized spacial score (nSPS) is 18.7. The Balaban J connectivity index is 1.47. The highest BCUT2D eigenvalue weighted by Crippen LogP contribution is 2.31. The van der Waals surface area contributed by atoms with Gasteiger partial charge >= 0.3 is 0 Å². The van der Waals surface area contributed by atoms with E-state index in [-0.39, 0.29) is 40.6 Å². The zero-order valence-corrected chi connectivity index (χ0v) is 19.5. The first kappa shape index (κ1) is 23.5. The Labute approximate surface area is 196 Å². The summed E-state index contributed by atoms with van der Waals surface area (Å²) in [5.41, 5.74) is 1.42. The van der Waals surface area contributed by atoms with Crippen molar-refractivity contribution in [1.29, 1.82) is 0 Å². The molecule has 2 aliphatic heterocycles. The molecule has 9 nitrogen and oxygen atoms in total. The van der Waals surface area contributed by atoms with Gasteiger partial charge in [0.2, 0.25) is 10.0 Å². The molecule has 11 heteroatoms. The van der Waals surface area contributed by atoms with Crippen molar-refractivity contribution < 1.29 is 27.5 Å². The molecule has 1 saturated heterocycles. The Morgan fingerprint density at radius 3 is 2.85 bits per heavy atom. The maximum atomic E-state index is 12.8. The Hall–Kier alpha value is -2.66. The molecule has 0 aromatic heterocycles. The van der Waals surface area contributed by atoms with Gasteiger partial charge in [0.15, 0.2) is 6.61 Å². The van der Waals surface area contributed by atoms with Gasteiger partial charge in [-0.1, -0.05) is 17.7 Å². The molecule has 1 fully saturated rings. The smallest absolute Gasteiger partial charge is 0.262 e. The maximum absolute atomic E-state index is 12.8. The number of hydrogen-bond acceptors (Lipinski definition) is 6. The second-order valence-electron chi connectivity index (χ2n) is 7.92. The van der Waals surface area contributed by atoms with Crippen LogP contribution in [0.1, 0.15) is 41.7 Å². The van der Waals surface area contributed by atoms with E-state index in [2.05, 4.69) is 15.4 Å². The lowest BCUT2D eigenvalue weighted by atomic mass is 10.1. The molecule has 2 aromatic carbocycles. The van der Waals surface area contributed by atoms with Crippen molar-refractivity contribution in [3.8, 4) is 5.75 Å². The fraction of sp³-hybridized carbons (Fsp3) is 0.364. The number of halogens is 1. The molecule has 176 valence electrons. The van der Waals surface area contributed by atoms with Crippen molar-refractivity contribution >= 4 is 39.1 Å². The van der Waals surface area contributed by atoms with Gasteiger partial charge in [-0.25, -0.2) is 13.1 Å². The lowest BCUT2D eigenvalue weighted by Crippen LogP contribution is -2.32. The number of nitrogens with one attached hydrogen (secondary N) is 3. The SMILES string of the molecule is CC(NC(=O)c1ccc(Cl)c(S(=O)(=O)NCC2CCCO2)c1)c1ccc2c(c1)NC(=O)CO2. The molecule has 2 amide bonds. The molecule has 0 radical (unpaired) electrons. The van der Waals surface area contributed by atoms with E-state index in [4.69, 9.17) is 21.1 Å². The summed E-state index contributed by atoms with van der Waals surface area (Å²) < 4.78 is 38.8. The van der Waals surface area contributed by atoms with Crippen LogP contribution < -0.4 is 20.1 Å². The number of hydrogen-bond donors (Lipinski definition) is 3. The first-order valence-electron chi connectivity index (χ1n) is 10.5. The fourth-order valence-corrected chi connectivity index (χ4v) is 5.26. The van der Waals surface area contributed by atoms with Gasteiger partial charge in [-0.3, -0.25) is 9.59 Å². The summed E-state index contributed by atoms with van der Waals surface area (Å²) in [5.74, 6) is -0.160. The van der Waals surface area contributed by atoms with Gasteiger partial charge in [0, 0.05) is 18.7 Å². The second kappa shape index (κ2) is 9.68. The van der Waals surface area contributed by atoms with E-state index in [0.717, 1.165) is 18.4 Å². The molecular formula is C22H24ClN3O6S. The number of ether oxygens (including phenoxy) is 2. The fourth-order valence-electron chi connectivity index (χ4n) is 3.67. The predicted molar refractivity (Wildman–Crippen MR) is 122 cm³/mol. The number of rotatable bonds is 7. The number of benzene rings is 2. The van der Waals surface area contributed by atoms with Crippen LogP contribution in [0.3, 0.4) is 0 Å². The predicted octanol–water partition coefficient (Wildman–Crippen LogP) is 2.62. The number of fused-ring (bicyclic) bond motifs is 1. The third-order valence-corrected chi connectivity index (χ3v) is 7.40. The standard InChI is InChI=1S/C22H24ClN3O6S/c1-13(14-5-7-19-18(9-14)26-21(27)12-32-19)25-22(28)15-4-6-17(23)20(10-15)33(29,30)24-11-16-3-2-8-31-16/h4-7,9-10,13,16,24H,2-3,8,11-12H2,1H3,(H,25,28)(H,26,27). The van der Waals surface area contributed by atoms with Crippen molar-refractivity contribution in [2.75, 3.05) is 25.1 Å². The summed E-state index contributed by atoms with van der Waals surface area (Å²) in [4.78, 5) is 24.2. The summed E-state index contributed by atoms with van der Waals surface area (Å²) in [7, 11) is -3.93. The summed E-state index contributed by atoms with van der Waals surface area (Å²) in [6.45, 7) is 2.50. The van der Waals surface area contributed by atoms with E-state index in [9.17, 15) is 18.0 Å². The second-order valence-corrected chi connectivity index (χ2v) is 10.1. The highest BCUT2D eigenvalue weighted by atomic mass is 35.5. The Bertz CT molecular complexity index is 1180. The summed E-state index contributed by atoms with van der Waals surface area (Å²) in [5, 5.41) is 5.58. The highest BCUT2D eigenvalue weighted by molar-refractivity contribution is 7.89. The molecule has 0 bridgehead atoms. The first-order chi connectivity index (χ1) is 15.7. The molecule has 2 atom stereocenters. The van der Waals surface area contributed by atoms with Gasteiger partial charge in [-0.2, -0.15) is 0 Å². The van der Waals surface area contributed by atoms with Crippen LogP contribution in [0.5, 0.6) is 5.75 Å². The summed E-state index contributed by atoms with van der Waals surface area (Å²) >= 11 is 6.13. The third-order valence-electron chi connectivity index (χ3n) is 5.49. The van der Waals surface area contributed by atoms with E-state index < -0.39 is 22.0 Å². The van der Waals surface area contributed by atoms with Crippen molar-refractivity contribution in [3.63, 3.8) is 0 Å². The Morgan fingerprint density at radius 1 is 1.27 bits per heavy atom. The number of anilines is 1. The maximum Gasteiger partial charge on any atom is 0.262 e. The topological polar surface area (TPSA) is 123 Å². The zero-order valence-electron chi connectivity index (χ0n) is 17.9. The van der Waals surface area contributed by atoms with E-state index in [1.54, 1.807) is 25.1 Å². The van der Waals surface area contributed by atoms with Crippen molar-refractivity contribution in [2.45, 2.75) is 36.8 Å². The molecule has 33 heavy (non-hydrogen) atoms. The third kappa shape index (κ3) is 5.47. The Morgan fingerprint density at radius 2 is 2.09 bits per heavy atom. The quantitative estimate of drug-likeness (QED) is 0.545. The largest absolute Gasteiger partial charge is 0.482 e. The summed E-state index contributed by atoms with van der Waals surface area (Å²) in [6, 6.07) is 8.91. The van der Waals surface area contributed by atoms with Gasteiger partial charge < -0.3 is 20.1 Å². The molecule has 2 aliphatic rings. The minimum Gasteiger partial charge on any atom is -0.482 e. The lowest BCUT2D eigenvalue weighted by Gasteiger charge is -2.21. The molecule has 3 N–H and O–H groups in total. The van der Waals surface area contributed by atoms with Gasteiger partial charge in [0.1, 0.15) is 10.6 Å². The zero-order chi connectivity index (χ0) is 23.6. The molecule has 0 aliphatic carbocycles. The monoisotopic (exact) mass is 493 g/mol. The highest BCUT2D eigenvalue weighted by Gasteiger charge is 2.24. The van der Waals surface area contributed by atoms with E-state index in [1.807, 2.05) is 0 Å². The molecule has 0 spiro atoms. The van der Waals surface area contributed by atoms with Gasteiger partial charge in [0.05, 0.1) is 22.9 Å². The average Bonchev–Trinajstić information content (AvgIpc) is 3.31. The van der Waals surface area contributed by atoms with Crippen LogP contribution >= 0.6 is 11.6 Å². The van der Waals surface area contributed by atoms with Gasteiger partial charge in [0.25, 0.3) is 11.8 Å². The van der Waals surface area contributed by atoms with Crippen LogP contribution in [-0.4, -0.2) is 46.1 Å². The van der Waals surface area contributed by atoms with Crippen LogP contribution in [0.25, 0.3) is 0 Å². The molecule has 2 unspecified atom stereocenters. The number of carbonyl (C=O) groups is 2. The minimum atomic E-state index is -3.93. The van der Waals surface area contributed by atoms with Crippen LogP contribution in [0.15, 0.2) is 41.3 Å². The van der Waals surface area contributed by atoms with Crippen LogP contribution in [0.2, 0.25) is 5.02 Å². The van der Waals surface area contributed by atoms with E-state index in [1.165, 1.54) is 18.2 Å². The molecular weight excluding hydrogens is 470 g/mol. The van der Waals surface area contributed by atoms with Crippen LogP contribution in [-0.2, 0) is 19.6 Å². The van der Waals surface area contributed by atoms with E-state index in [0.29, 0.717) is 18.0 Å². The first-order valence-corrected chi connectivity index (χ1v) is 12.4. The van der Waals surface area contributed by atoms with Crippen molar-refractivity contribution in [2.24, 2.45) is 0 Å².